The lowest BCUT2D eigenvalue weighted by Crippen LogP contribution is -2.30. The highest BCUT2D eigenvalue weighted by atomic mass is 16.4. The van der Waals surface area contributed by atoms with Gasteiger partial charge in [-0.15, -0.1) is 0 Å². The average molecular weight is 413 g/mol. The first-order valence-corrected chi connectivity index (χ1v) is 10.1. The van der Waals surface area contributed by atoms with Gasteiger partial charge in [0.2, 0.25) is 0 Å². The standard InChI is InChI=1S/C25H23N3O3/c29-24(27-26-15-18-5-11-22(12-6-18)25(30)31)21-9-7-19(8-10-21)16-28-14-13-20-3-1-2-4-23(20)17-28/h1-12,15H,13-14,16-17H2,(H,27,29)(H,30,31)/b26-15-. The molecule has 0 radical (unpaired) electrons. The van der Waals surface area contributed by atoms with Gasteiger partial charge in [0.1, 0.15) is 0 Å². The lowest BCUT2D eigenvalue weighted by molar-refractivity contribution is 0.0696. The Morgan fingerprint density at radius 2 is 1.61 bits per heavy atom. The van der Waals surface area contributed by atoms with E-state index in [9.17, 15) is 9.59 Å². The van der Waals surface area contributed by atoms with E-state index in [-0.39, 0.29) is 11.5 Å². The van der Waals surface area contributed by atoms with Crippen LogP contribution in [0.15, 0.2) is 77.9 Å². The number of amides is 1. The van der Waals surface area contributed by atoms with Crippen LogP contribution in [0.5, 0.6) is 0 Å². The van der Waals surface area contributed by atoms with Gasteiger partial charge in [-0.25, -0.2) is 10.2 Å². The van der Waals surface area contributed by atoms with Gasteiger partial charge in [-0.1, -0.05) is 48.5 Å². The summed E-state index contributed by atoms with van der Waals surface area (Å²) in [6.45, 7) is 2.82. The van der Waals surface area contributed by atoms with Crippen LogP contribution < -0.4 is 5.43 Å². The van der Waals surface area contributed by atoms with Gasteiger partial charge in [-0.3, -0.25) is 9.69 Å². The molecule has 0 fully saturated rings. The first kappa shape index (κ1) is 20.5. The Morgan fingerprint density at radius 1 is 0.935 bits per heavy atom. The molecular weight excluding hydrogens is 390 g/mol. The molecular formula is C25H23N3O3. The highest BCUT2D eigenvalue weighted by molar-refractivity contribution is 5.95. The van der Waals surface area contributed by atoms with Crippen molar-refractivity contribution in [2.45, 2.75) is 19.5 Å². The molecule has 4 rings (SSSR count). The van der Waals surface area contributed by atoms with E-state index in [0.717, 1.165) is 31.6 Å². The van der Waals surface area contributed by atoms with Crippen molar-refractivity contribution in [1.82, 2.24) is 10.3 Å². The minimum Gasteiger partial charge on any atom is -0.478 e. The largest absolute Gasteiger partial charge is 0.478 e. The zero-order valence-electron chi connectivity index (χ0n) is 17.0. The van der Waals surface area contributed by atoms with Crippen molar-refractivity contribution in [3.63, 3.8) is 0 Å². The number of nitrogens with one attached hydrogen (secondary N) is 1. The minimum absolute atomic E-state index is 0.204. The third-order valence-electron chi connectivity index (χ3n) is 5.37. The highest BCUT2D eigenvalue weighted by Crippen LogP contribution is 2.20. The van der Waals surface area contributed by atoms with Crippen molar-refractivity contribution >= 4 is 18.1 Å². The van der Waals surface area contributed by atoms with E-state index in [1.807, 2.05) is 12.1 Å². The summed E-state index contributed by atoms with van der Waals surface area (Å²) < 4.78 is 0. The molecule has 0 unspecified atom stereocenters. The first-order chi connectivity index (χ1) is 15.1. The van der Waals surface area contributed by atoms with Gasteiger partial charge in [0.05, 0.1) is 11.8 Å². The van der Waals surface area contributed by atoms with E-state index in [1.54, 1.807) is 24.3 Å². The summed E-state index contributed by atoms with van der Waals surface area (Å²) in [5, 5.41) is 12.9. The molecule has 31 heavy (non-hydrogen) atoms. The Balaban J connectivity index is 1.30. The average Bonchev–Trinajstić information content (AvgIpc) is 2.80. The fourth-order valence-electron chi connectivity index (χ4n) is 3.65. The molecule has 3 aromatic carbocycles. The molecule has 156 valence electrons. The van der Waals surface area contributed by atoms with Crippen molar-refractivity contribution < 1.29 is 14.7 Å². The Hall–Kier alpha value is -3.77. The van der Waals surface area contributed by atoms with E-state index in [4.69, 9.17) is 5.11 Å². The van der Waals surface area contributed by atoms with Gasteiger partial charge < -0.3 is 5.11 Å². The van der Waals surface area contributed by atoms with Gasteiger partial charge in [0.15, 0.2) is 0 Å². The summed E-state index contributed by atoms with van der Waals surface area (Å²) in [5.74, 6) is -1.28. The van der Waals surface area contributed by atoms with Crippen LogP contribution in [0.3, 0.4) is 0 Å². The highest BCUT2D eigenvalue weighted by Gasteiger charge is 2.15. The van der Waals surface area contributed by atoms with Gasteiger partial charge in [-0.05, 0) is 52.9 Å². The molecule has 6 nitrogen and oxygen atoms in total. The zero-order valence-corrected chi connectivity index (χ0v) is 17.0. The normalized spacial score (nSPS) is 13.7. The van der Waals surface area contributed by atoms with Crippen molar-refractivity contribution in [3.05, 3.63) is 106 Å². The van der Waals surface area contributed by atoms with Crippen LogP contribution in [0.1, 0.15) is 43.0 Å². The number of benzene rings is 3. The number of aromatic carboxylic acids is 1. The number of carbonyl (C=O) groups is 2. The Labute approximate surface area is 180 Å². The molecule has 1 amide bonds. The van der Waals surface area contributed by atoms with Crippen LogP contribution in [0, 0.1) is 0 Å². The summed E-state index contributed by atoms with van der Waals surface area (Å²) in [6, 6.07) is 22.4. The summed E-state index contributed by atoms with van der Waals surface area (Å²) in [5.41, 5.74) is 7.92. The van der Waals surface area contributed by atoms with Crippen LogP contribution >= 0.6 is 0 Å². The number of nitrogens with zero attached hydrogens (tertiary/aromatic N) is 2. The maximum absolute atomic E-state index is 12.3. The van der Waals surface area contributed by atoms with E-state index in [2.05, 4.69) is 39.7 Å². The molecule has 6 heteroatoms. The molecule has 0 aromatic heterocycles. The van der Waals surface area contributed by atoms with Gasteiger partial charge in [0.25, 0.3) is 5.91 Å². The first-order valence-electron chi connectivity index (χ1n) is 10.1. The van der Waals surface area contributed by atoms with Crippen molar-refractivity contribution in [1.29, 1.82) is 0 Å². The number of hydrogen-bond donors (Lipinski definition) is 2. The fraction of sp³-hybridized carbons (Fsp3) is 0.160. The lowest BCUT2D eigenvalue weighted by Gasteiger charge is -2.28. The van der Waals surface area contributed by atoms with Gasteiger partial charge >= 0.3 is 5.97 Å². The Morgan fingerprint density at radius 3 is 2.32 bits per heavy atom. The molecule has 3 aromatic rings. The third-order valence-corrected chi connectivity index (χ3v) is 5.37. The van der Waals surface area contributed by atoms with Crippen LogP contribution in [0.2, 0.25) is 0 Å². The van der Waals surface area contributed by atoms with E-state index in [1.165, 1.54) is 29.5 Å². The third kappa shape index (κ3) is 5.24. The molecule has 0 saturated carbocycles. The van der Waals surface area contributed by atoms with Crippen molar-refractivity contribution in [3.8, 4) is 0 Å². The maximum atomic E-state index is 12.3. The molecule has 1 heterocycles. The number of carboxylic acid groups (broad SMARTS) is 1. The van der Waals surface area contributed by atoms with Crippen LogP contribution in [0.4, 0.5) is 0 Å². The quantitative estimate of drug-likeness (QED) is 0.477. The molecule has 0 atom stereocenters. The Kier molecular flexibility index (Phi) is 6.19. The second-order valence-corrected chi connectivity index (χ2v) is 7.55. The SMILES string of the molecule is O=C(O)c1ccc(/C=N\NC(=O)c2ccc(CN3CCc4ccccc4C3)cc2)cc1. The van der Waals surface area contributed by atoms with Crippen molar-refractivity contribution in [2.24, 2.45) is 5.10 Å². The number of hydrazone groups is 1. The predicted octanol–water partition coefficient (Wildman–Crippen LogP) is 3.71. The molecule has 1 aliphatic heterocycles. The molecule has 0 spiro atoms. The van der Waals surface area contributed by atoms with Crippen LogP contribution in [-0.4, -0.2) is 34.6 Å². The number of rotatable bonds is 6. The summed E-state index contributed by atoms with van der Waals surface area (Å²) in [6.07, 6.45) is 2.54. The predicted molar refractivity (Wildman–Crippen MR) is 119 cm³/mol. The van der Waals surface area contributed by atoms with E-state index >= 15 is 0 Å². The van der Waals surface area contributed by atoms with Crippen LogP contribution in [-0.2, 0) is 19.5 Å². The zero-order chi connectivity index (χ0) is 21.6. The number of hydrogen-bond acceptors (Lipinski definition) is 4. The topological polar surface area (TPSA) is 82.0 Å². The molecule has 0 bridgehead atoms. The summed E-state index contributed by atoms with van der Waals surface area (Å²) in [7, 11) is 0. The van der Waals surface area contributed by atoms with Crippen molar-refractivity contribution in [2.75, 3.05) is 6.54 Å². The molecule has 1 aliphatic rings. The van der Waals surface area contributed by atoms with E-state index in [0.29, 0.717) is 11.1 Å². The maximum Gasteiger partial charge on any atom is 0.335 e. The Bertz CT molecular complexity index is 1110. The minimum atomic E-state index is -0.981. The molecule has 2 N–H and O–H groups in total. The smallest absolute Gasteiger partial charge is 0.335 e. The second kappa shape index (κ2) is 9.36. The number of carbonyl (C=O) groups excluding carboxylic acids is 1. The second-order valence-electron chi connectivity index (χ2n) is 7.55. The monoisotopic (exact) mass is 413 g/mol. The number of fused-ring (bicyclic) bond motifs is 1. The fourth-order valence-corrected chi connectivity index (χ4v) is 3.65. The molecule has 0 aliphatic carbocycles. The summed E-state index contributed by atoms with van der Waals surface area (Å²) >= 11 is 0. The molecule has 0 saturated heterocycles. The summed E-state index contributed by atoms with van der Waals surface area (Å²) in [4.78, 5) is 25.6. The number of carboxylic acids is 1. The van der Waals surface area contributed by atoms with Gasteiger partial charge in [0, 0.05) is 25.2 Å². The van der Waals surface area contributed by atoms with Crippen LogP contribution in [0.25, 0.3) is 0 Å². The lowest BCUT2D eigenvalue weighted by atomic mass is 9.99. The van der Waals surface area contributed by atoms with E-state index < -0.39 is 5.97 Å². The van der Waals surface area contributed by atoms with Gasteiger partial charge in [-0.2, -0.15) is 5.10 Å².